The topological polar surface area (TPSA) is 26.3 Å². The van der Waals surface area contributed by atoms with Gasteiger partial charge in [0.15, 0.2) is 0 Å². The summed E-state index contributed by atoms with van der Waals surface area (Å²) in [5.74, 6) is 0.996. The monoisotopic (exact) mass is 154 g/mol. The van der Waals surface area contributed by atoms with E-state index in [9.17, 15) is 4.79 Å². The normalized spacial score (nSPS) is 38.4. The summed E-state index contributed by atoms with van der Waals surface area (Å²) in [7, 11) is 0. The first-order valence-corrected chi connectivity index (χ1v) is 4.49. The lowest BCUT2D eigenvalue weighted by molar-refractivity contribution is -0.117. The Labute approximate surface area is 66.9 Å². The second-order valence-electron chi connectivity index (χ2n) is 3.59. The predicted octanol–water partition coefficient (Wildman–Crippen LogP) is 1.53. The standard InChI is InChI=1S/C9H14O2/c10-8-4-3-7(6-8)9-2-1-5-11-9/h7,9H,1-6H2. The van der Waals surface area contributed by atoms with Crippen LogP contribution in [0.2, 0.25) is 0 Å². The molecule has 2 heteroatoms. The molecule has 2 nitrogen and oxygen atoms in total. The Morgan fingerprint density at radius 2 is 2.27 bits per heavy atom. The summed E-state index contributed by atoms with van der Waals surface area (Å²) in [4.78, 5) is 11.0. The minimum Gasteiger partial charge on any atom is -0.378 e. The highest BCUT2D eigenvalue weighted by atomic mass is 16.5. The molecule has 2 atom stereocenters. The molecule has 2 rings (SSSR count). The molecule has 1 heterocycles. The molecule has 0 radical (unpaired) electrons. The first kappa shape index (κ1) is 7.29. The van der Waals surface area contributed by atoms with Crippen molar-refractivity contribution in [1.82, 2.24) is 0 Å². The molecule has 2 aliphatic rings. The molecular weight excluding hydrogens is 140 g/mol. The number of Topliss-reactive ketones (excluding diaryl/α,β-unsaturated/α-hetero) is 1. The molecular formula is C9H14O2. The van der Waals surface area contributed by atoms with Crippen LogP contribution in [0.1, 0.15) is 32.1 Å². The Bertz CT molecular complexity index is 159. The van der Waals surface area contributed by atoms with Gasteiger partial charge in [0.2, 0.25) is 0 Å². The lowest BCUT2D eigenvalue weighted by Crippen LogP contribution is -2.16. The quantitative estimate of drug-likeness (QED) is 0.572. The molecule has 1 aliphatic carbocycles. The molecule has 2 fully saturated rings. The number of hydrogen-bond donors (Lipinski definition) is 0. The van der Waals surface area contributed by atoms with Gasteiger partial charge in [-0.3, -0.25) is 4.79 Å². The van der Waals surface area contributed by atoms with Gasteiger partial charge in [0, 0.05) is 19.4 Å². The van der Waals surface area contributed by atoms with Crippen LogP contribution in [0.25, 0.3) is 0 Å². The van der Waals surface area contributed by atoms with E-state index in [2.05, 4.69) is 0 Å². The largest absolute Gasteiger partial charge is 0.378 e. The zero-order chi connectivity index (χ0) is 7.68. The van der Waals surface area contributed by atoms with E-state index in [0.29, 0.717) is 17.8 Å². The van der Waals surface area contributed by atoms with E-state index in [1.165, 1.54) is 12.8 Å². The highest BCUT2D eigenvalue weighted by Crippen LogP contribution is 2.31. The summed E-state index contributed by atoms with van der Waals surface area (Å²) in [6, 6.07) is 0. The van der Waals surface area contributed by atoms with Crippen molar-refractivity contribution in [3.63, 3.8) is 0 Å². The zero-order valence-corrected chi connectivity index (χ0v) is 6.71. The predicted molar refractivity (Wildman–Crippen MR) is 41.3 cm³/mol. The molecule has 2 unspecified atom stereocenters. The number of rotatable bonds is 1. The van der Waals surface area contributed by atoms with E-state index >= 15 is 0 Å². The van der Waals surface area contributed by atoms with Crippen LogP contribution in [-0.4, -0.2) is 18.5 Å². The van der Waals surface area contributed by atoms with Crippen molar-refractivity contribution in [1.29, 1.82) is 0 Å². The molecule has 11 heavy (non-hydrogen) atoms. The molecule has 0 bridgehead atoms. The lowest BCUT2D eigenvalue weighted by atomic mass is 9.99. The van der Waals surface area contributed by atoms with Gasteiger partial charge >= 0.3 is 0 Å². The van der Waals surface area contributed by atoms with Crippen LogP contribution < -0.4 is 0 Å². The average Bonchev–Trinajstić information content (AvgIpc) is 2.55. The molecule has 0 amide bonds. The van der Waals surface area contributed by atoms with E-state index in [0.717, 1.165) is 25.9 Å². The Hall–Kier alpha value is -0.370. The lowest BCUT2D eigenvalue weighted by Gasteiger charge is -2.15. The summed E-state index contributed by atoms with van der Waals surface area (Å²) in [5.41, 5.74) is 0. The number of ether oxygens (including phenoxy) is 1. The highest BCUT2D eigenvalue weighted by Gasteiger charge is 2.31. The molecule has 0 spiro atoms. The molecule has 0 aromatic carbocycles. The molecule has 0 N–H and O–H groups in total. The second kappa shape index (κ2) is 2.94. The number of carbonyl (C=O) groups is 1. The van der Waals surface area contributed by atoms with E-state index in [1.807, 2.05) is 0 Å². The molecule has 0 aromatic rings. The minimum absolute atomic E-state index is 0.418. The van der Waals surface area contributed by atoms with Crippen LogP contribution in [0, 0.1) is 5.92 Å². The zero-order valence-electron chi connectivity index (χ0n) is 6.71. The molecule has 1 saturated carbocycles. The fourth-order valence-corrected chi connectivity index (χ4v) is 2.13. The van der Waals surface area contributed by atoms with E-state index in [4.69, 9.17) is 4.74 Å². The Morgan fingerprint density at radius 1 is 1.36 bits per heavy atom. The summed E-state index contributed by atoms with van der Waals surface area (Å²) in [5, 5.41) is 0. The highest BCUT2D eigenvalue weighted by molar-refractivity contribution is 5.80. The molecule has 62 valence electrons. The van der Waals surface area contributed by atoms with Gasteiger partial charge in [-0.25, -0.2) is 0 Å². The Balaban J connectivity index is 1.90. The maximum atomic E-state index is 11.0. The van der Waals surface area contributed by atoms with Crippen molar-refractivity contribution in [3.8, 4) is 0 Å². The second-order valence-corrected chi connectivity index (χ2v) is 3.59. The smallest absolute Gasteiger partial charge is 0.133 e. The summed E-state index contributed by atoms with van der Waals surface area (Å²) in [6.07, 6.45) is 5.44. The van der Waals surface area contributed by atoms with Crippen LogP contribution in [-0.2, 0) is 9.53 Å². The maximum absolute atomic E-state index is 11.0. The van der Waals surface area contributed by atoms with Crippen molar-refractivity contribution in [2.75, 3.05) is 6.61 Å². The number of carbonyl (C=O) groups excluding carboxylic acids is 1. The van der Waals surface area contributed by atoms with Gasteiger partial charge < -0.3 is 4.74 Å². The fraction of sp³-hybridized carbons (Fsp3) is 0.889. The van der Waals surface area contributed by atoms with Gasteiger partial charge in [0.05, 0.1) is 6.10 Å². The van der Waals surface area contributed by atoms with Crippen molar-refractivity contribution in [2.24, 2.45) is 5.92 Å². The molecule has 1 aliphatic heterocycles. The van der Waals surface area contributed by atoms with Crippen LogP contribution in [0.5, 0.6) is 0 Å². The van der Waals surface area contributed by atoms with Crippen LogP contribution in [0.4, 0.5) is 0 Å². The van der Waals surface area contributed by atoms with Crippen molar-refractivity contribution in [2.45, 2.75) is 38.2 Å². The summed E-state index contributed by atoms with van der Waals surface area (Å²) >= 11 is 0. The van der Waals surface area contributed by atoms with E-state index in [1.54, 1.807) is 0 Å². The van der Waals surface area contributed by atoms with Crippen LogP contribution in [0.15, 0.2) is 0 Å². The maximum Gasteiger partial charge on any atom is 0.133 e. The Kier molecular flexibility index (Phi) is 1.95. The van der Waals surface area contributed by atoms with Gasteiger partial charge in [-0.15, -0.1) is 0 Å². The van der Waals surface area contributed by atoms with E-state index < -0.39 is 0 Å². The van der Waals surface area contributed by atoms with Crippen molar-refractivity contribution >= 4 is 5.78 Å². The van der Waals surface area contributed by atoms with E-state index in [-0.39, 0.29) is 0 Å². The van der Waals surface area contributed by atoms with Crippen molar-refractivity contribution in [3.05, 3.63) is 0 Å². The number of hydrogen-bond acceptors (Lipinski definition) is 2. The molecule has 1 saturated heterocycles. The third-order valence-electron chi connectivity index (χ3n) is 2.77. The fourth-order valence-electron chi connectivity index (χ4n) is 2.13. The third-order valence-corrected chi connectivity index (χ3v) is 2.77. The summed E-state index contributed by atoms with van der Waals surface area (Å²) in [6.45, 7) is 0.912. The summed E-state index contributed by atoms with van der Waals surface area (Å²) < 4.78 is 5.53. The molecule has 0 aromatic heterocycles. The number of ketones is 1. The average molecular weight is 154 g/mol. The SMILES string of the molecule is O=C1CCC(C2CCCO2)C1. The van der Waals surface area contributed by atoms with Crippen molar-refractivity contribution < 1.29 is 9.53 Å². The first-order valence-electron chi connectivity index (χ1n) is 4.49. The van der Waals surface area contributed by atoms with Gasteiger partial charge in [0.1, 0.15) is 5.78 Å². The van der Waals surface area contributed by atoms with Crippen LogP contribution >= 0.6 is 0 Å². The van der Waals surface area contributed by atoms with Gasteiger partial charge in [-0.05, 0) is 25.2 Å². The van der Waals surface area contributed by atoms with Gasteiger partial charge in [0.25, 0.3) is 0 Å². The minimum atomic E-state index is 0.418. The van der Waals surface area contributed by atoms with Gasteiger partial charge in [-0.1, -0.05) is 0 Å². The van der Waals surface area contributed by atoms with Crippen LogP contribution in [0.3, 0.4) is 0 Å². The van der Waals surface area contributed by atoms with Gasteiger partial charge in [-0.2, -0.15) is 0 Å². The third kappa shape index (κ3) is 1.45. The Morgan fingerprint density at radius 3 is 2.82 bits per heavy atom. The first-order chi connectivity index (χ1) is 5.36.